The van der Waals surface area contributed by atoms with Crippen molar-refractivity contribution >= 4 is 43.2 Å². The van der Waals surface area contributed by atoms with Gasteiger partial charge in [0.2, 0.25) is 10.0 Å². The highest BCUT2D eigenvalue weighted by Gasteiger charge is 2.24. The van der Waals surface area contributed by atoms with Crippen LogP contribution in [0.2, 0.25) is 0 Å². The van der Waals surface area contributed by atoms with Gasteiger partial charge in [0.1, 0.15) is 10.6 Å². The molecule has 0 radical (unpaired) electrons. The molecule has 1 amide bonds. The Kier molecular flexibility index (Phi) is 6.74. The minimum atomic E-state index is -3.69. The molecule has 2 aromatic carbocycles. The first-order valence-corrected chi connectivity index (χ1v) is 13.1. The van der Waals surface area contributed by atoms with Crippen LogP contribution in [0.1, 0.15) is 29.2 Å². The van der Waals surface area contributed by atoms with Crippen molar-refractivity contribution in [2.24, 2.45) is 0 Å². The van der Waals surface area contributed by atoms with E-state index in [9.17, 15) is 13.2 Å². The number of aromatic nitrogens is 2. The predicted molar refractivity (Wildman–Crippen MR) is 135 cm³/mol. The molecule has 178 valence electrons. The first kappa shape index (κ1) is 23.9. The van der Waals surface area contributed by atoms with Gasteiger partial charge in [-0.15, -0.1) is 11.3 Å². The summed E-state index contributed by atoms with van der Waals surface area (Å²) in [7, 11) is -2.21. The van der Waals surface area contributed by atoms with Crippen molar-refractivity contribution in [3.05, 3.63) is 65.2 Å². The molecule has 2 aromatic heterocycles. The van der Waals surface area contributed by atoms with Crippen molar-refractivity contribution in [3.63, 3.8) is 0 Å². The summed E-state index contributed by atoms with van der Waals surface area (Å²) in [5, 5.41) is 8.33. The molecule has 4 aromatic rings. The van der Waals surface area contributed by atoms with Crippen molar-refractivity contribution < 1.29 is 17.9 Å². The van der Waals surface area contributed by atoms with Crippen molar-refractivity contribution in [2.45, 2.75) is 25.7 Å². The molecule has 0 saturated carbocycles. The molecule has 0 aliphatic carbocycles. The number of rotatable bonds is 8. The Morgan fingerprint density at radius 3 is 2.47 bits per heavy atom. The number of amides is 1. The molecule has 0 bridgehead atoms. The van der Waals surface area contributed by atoms with Gasteiger partial charge >= 0.3 is 0 Å². The van der Waals surface area contributed by atoms with Crippen LogP contribution in [0.15, 0.2) is 59.5 Å². The Morgan fingerprint density at radius 2 is 1.82 bits per heavy atom. The number of aryl methyl sites for hydroxylation is 1. The highest BCUT2D eigenvalue weighted by Crippen LogP contribution is 2.33. The Bertz CT molecular complexity index is 1440. The minimum absolute atomic E-state index is 0.0965. The van der Waals surface area contributed by atoms with Crippen LogP contribution in [-0.4, -0.2) is 48.6 Å². The second kappa shape index (κ2) is 9.57. The maximum Gasteiger partial charge on any atom is 0.265 e. The van der Waals surface area contributed by atoms with Gasteiger partial charge < -0.3 is 10.1 Å². The standard InChI is InChI=1S/C24H26N4O4S2/c1-5-27(6-2)34(30,31)18-12-13-21(32-4)20(14-18)25-23(29)22-15-19-16(3)26-28(24(19)33-22)17-10-8-7-9-11-17/h7-15H,5-6H2,1-4H3,(H,25,29). The SMILES string of the molecule is CCN(CC)S(=O)(=O)c1ccc(OC)c(NC(=O)c2cc3c(C)nn(-c4ccccc4)c3s2)c1. The Labute approximate surface area is 202 Å². The lowest BCUT2D eigenvalue weighted by atomic mass is 10.2. The zero-order valence-corrected chi connectivity index (χ0v) is 21.0. The van der Waals surface area contributed by atoms with Crippen molar-refractivity contribution in [2.75, 3.05) is 25.5 Å². The fraction of sp³-hybridized carbons (Fsp3) is 0.250. The molecule has 34 heavy (non-hydrogen) atoms. The normalized spacial score (nSPS) is 11.8. The van der Waals surface area contributed by atoms with E-state index < -0.39 is 10.0 Å². The van der Waals surface area contributed by atoms with E-state index in [-0.39, 0.29) is 10.8 Å². The van der Waals surface area contributed by atoms with Gasteiger partial charge in [-0.3, -0.25) is 4.79 Å². The fourth-order valence-electron chi connectivity index (χ4n) is 3.75. The van der Waals surface area contributed by atoms with Crippen molar-refractivity contribution in [1.82, 2.24) is 14.1 Å². The van der Waals surface area contributed by atoms with Crippen molar-refractivity contribution in [3.8, 4) is 11.4 Å². The Balaban J connectivity index is 1.69. The molecule has 0 spiro atoms. The first-order chi connectivity index (χ1) is 16.3. The van der Waals surface area contributed by atoms with Gasteiger partial charge in [0.25, 0.3) is 5.91 Å². The average Bonchev–Trinajstić information content (AvgIpc) is 3.41. The van der Waals surface area contributed by atoms with Gasteiger partial charge in [0.05, 0.1) is 34.0 Å². The number of hydrogen-bond donors (Lipinski definition) is 1. The molecule has 0 atom stereocenters. The van der Waals surface area contributed by atoms with Crippen LogP contribution in [-0.2, 0) is 10.0 Å². The molecule has 0 aliphatic rings. The number of nitrogens with zero attached hydrogens (tertiary/aromatic N) is 3. The lowest BCUT2D eigenvalue weighted by Crippen LogP contribution is -2.30. The van der Waals surface area contributed by atoms with E-state index in [4.69, 9.17) is 4.74 Å². The smallest absolute Gasteiger partial charge is 0.265 e. The highest BCUT2D eigenvalue weighted by molar-refractivity contribution is 7.89. The molecule has 0 fully saturated rings. The van der Waals surface area contributed by atoms with Crippen LogP contribution < -0.4 is 10.1 Å². The second-order valence-corrected chi connectivity index (χ2v) is 10.5. The quantitative estimate of drug-likeness (QED) is 0.381. The number of hydrogen-bond acceptors (Lipinski definition) is 6. The highest BCUT2D eigenvalue weighted by atomic mass is 32.2. The van der Waals surface area contributed by atoms with E-state index in [2.05, 4.69) is 10.4 Å². The molecule has 10 heteroatoms. The zero-order chi connectivity index (χ0) is 24.5. The molecule has 8 nitrogen and oxygen atoms in total. The van der Waals surface area contributed by atoms with Gasteiger partial charge in [-0.2, -0.15) is 9.40 Å². The number of benzene rings is 2. The van der Waals surface area contributed by atoms with Crippen LogP contribution in [0.25, 0.3) is 15.9 Å². The van der Waals surface area contributed by atoms with E-state index in [0.29, 0.717) is 29.4 Å². The van der Waals surface area contributed by atoms with Gasteiger partial charge in [-0.05, 0) is 43.3 Å². The Hall–Kier alpha value is -3.21. The fourth-order valence-corrected chi connectivity index (χ4v) is 6.31. The average molecular weight is 499 g/mol. The summed E-state index contributed by atoms with van der Waals surface area (Å²) >= 11 is 1.32. The molecular formula is C24H26N4O4S2. The number of sulfonamides is 1. The van der Waals surface area contributed by atoms with E-state index in [1.807, 2.05) is 41.9 Å². The summed E-state index contributed by atoms with van der Waals surface area (Å²) in [6, 6.07) is 16.0. The van der Waals surface area contributed by atoms with Gasteiger partial charge in [-0.25, -0.2) is 13.1 Å². The largest absolute Gasteiger partial charge is 0.495 e. The molecule has 1 N–H and O–H groups in total. The molecule has 0 saturated heterocycles. The van der Waals surface area contributed by atoms with Crippen LogP contribution in [0.3, 0.4) is 0 Å². The van der Waals surface area contributed by atoms with Gasteiger partial charge in [0, 0.05) is 18.5 Å². The lowest BCUT2D eigenvalue weighted by molar-refractivity contribution is 0.103. The van der Waals surface area contributed by atoms with E-state index in [0.717, 1.165) is 21.6 Å². The number of nitrogens with one attached hydrogen (secondary N) is 1. The maximum absolute atomic E-state index is 13.2. The molecular weight excluding hydrogens is 472 g/mol. The summed E-state index contributed by atoms with van der Waals surface area (Å²) in [5.41, 5.74) is 2.02. The number of ether oxygens (including phenoxy) is 1. The van der Waals surface area contributed by atoms with E-state index >= 15 is 0 Å². The van der Waals surface area contributed by atoms with Crippen LogP contribution in [0.5, 0.6) is 5.75 Å². The summed E-state index contributed by atoms with van der Waals surface area (Å²) in [6.07, 6.45) is 0. The number of para-hydroxylation sites is 1. The topological polar surface area (TPSA) is 93.5 Å². The first-order valence-electron chi connectivity index (χ1n) is 10.8. The third kappa shape index (κ3) is 4.31. The summed E-state index contributed by atoms with van der Waals surface area (Å²) < 4.78 is 34.5. The number of anilines is 1. The summed E-state index contributed by atoms with van der Waals surface area (Å²) in [4.78, 5) is 14.6. The van der Waals surface area contributed by atoms with E-state index in [1.54, 1.807) is 26.0 Å². The summed E-state index contributed by atoms with van der Waals surface area (Å²) in [5.74, 6) is 0.0236. The lowest BCUT2D eigenvalue weighted by Gasteiger charge is -2.19. The minimum Gasteiger partial charge on any atom is -0.495 e. The molecule has 0 unspecified atom stereocenters. The van der Waals surface area contributed by atoms with Crippen molar-refractivity contribution in [1.29, 1.82) is 0 Å². The maximum atomic E-state index is 13.2. The predicted octanol–water partition coefficient (Wildman–Crippen LogP) is 4.69. The van der Waals surface area contributed by atoms with Gasteiger partial charge in [0.15, 0.2) is 0 Å². The number of carbonyl (C=O) groups is 1. The zero-order valence-electron chi connectivity index (χ0n) is 19.4. The number of carbonyl (C=O) groups excluding carboxylic acids is 1. The monoisotopic (exact) mass is 498 g/mol. The number of methoxy groups -OCH3 is 1. The van der Waals surface area contributed by atoms with Crippen LogP contribution in [0, 0.1) is 6.92 Å². The second-order valence-electron chi connectivity index (χ2n) is 7.57. The third-order valence-corrected chi connectivity index (χ3v) is 8.69. The number of thiophene rings is 1. The Morgan fingerprint density at radius 1 is 1.12 bits per heavy atom. The van der Waals surface area contributed by atoms with Crippen LogP contribution >= 0.6 is 11.3 Å². The van der Waals surface area contributed by atoms with Crippen LogP contribution in [0.4, 0.5) is 5.69 Å². The molecule has 0 aliphatic heterocycles. The van der Waals surface area contributed by atoms with Gasteiger partial charge in [-0.1, -0.05) is 32.0 Å². The van der Waals surface area contributed by atoms with E-state index in [1.165, 1.54) is 34.9 Å². The molecule has 2 heterocycles. The molecule has 4 rings (SSSR count). The number of fused-ring (bicyclic) bond motifs is 1. The third-order valence-electron chi connectivity index (χ3n) is 5.53. The summed E-state index contributed by atoms with van der Waals surface area (Å²) in [6.45, 7) is 6.18.